The number of benzene rings is 1. The second kappa shape index (κ2) is 5.94. The Labute approximate surface area is 127 Å². The third kappa shape index (κ3) is 2.96. The zero-order valence-electron chi connectivity index (χ0n) is 11.0. The lowest BCUT2D eigenvalue weighted by Gasteiger charge is -2.04. The number of nitrogens with one attached hydrogen (secondary N) is 1. The van der Waals surface area contributed by atoms with Crippen LogP contribution in [0, 0.1) is 11.6 Å². The largest absolute Gasteiger partial charge is 0.318 e. The zero-order valence-corrected chi connectivity index (χ0v) is 11.8. The number of anilines is 1. The van der Waals surface area contributed by atoms with Crippen molar-refractivity contribution in [2.24, 2.45) is 0 Å². The molecule has 0 spiro atoms. The molecule has 110 valence electrons. The number of nitrogens with zero attached hydrogens (tertiary/aromatic N) is 3. The van der Waals surface area contributed by atoms with Crippen molar-refractivity contribution in [2.45, 2.75) is 0 Å². The first-order valence-electron chi connectivity index (χ1n) is 6.13. The summed E-state index contributed by atoms with van der Waals surface area (Å²) in [6.07, 6.45) is 3.12. The number of hydrogen-bond donors (Lipinski definition) is 1. The van der Waals surface area contributed by atoms with Gasteiger partial charge in [0, 0.05) is 23.8 Å². The molecule has 3 aromatic rings. The van der Waals surface area contributed by atoms with Gasteiger partial charge in [-0.15, -0.1) is 11.3 Å². The van der Waals surface area contributed by atoms with Gasteiger partial charge in [0.25, 0.3) is 5.91 Å². The van der Waals surface area contributed by atoms with E-state index in [0.717, 1.165) is 18.2 Å². The lowest BCUT2D eigenvalue weighted by molar-refractivity contribution is 0.102. The van der Waals surface area contributed by atoms with Crippen LogP contribution in [-0.4, -0.2) is 20.9 Å². The molecule has 2 heterocycles. The van der Waals surface area contributed by atoms with Crippen molar-refractivity contribution in [3.8, 4) is 10.8 Å². The highest BCUT2D eigenvalue weighted by Gasteiger charge is 2.15. The van der Waals surface area contributed by atoms with Gasteiger partial charge < -0.3 is 5.32 Å². The van der Waals surface area contributed by atoms with Gasteiger partial charge in [0.15, 0.2) is 10.8 Å². The fourth-order valence-electron chi connectivity index (χ4n) is 1.67. The summed E-state index contributed by atoms with van der Waals surface area (Å²) in [6.45, 7) is 0. The molecule has 22 heavy (non-hydrogen) atoms. The van der Waals surface area contributed by atoms with Gasteiger partial charge >= 0.3 is 0 Å². The molecule has 1 aromatic carbocycles. The molecular weight excluding hydrogens is 310 g/mol. The van der Waals surface area contributed by atoms with Crippen molar-refractivity contribution >= 4 is 22.9 Å². The maximum absolute atomic E-state index is 13.5. The molecule has 0 saturated heterocycles. The molecule has 5 nitrogen and oxygen atoms in total. The van der Waals surface area contributed by atoms with Gasteiger partial charge in [-0.1, -0.05) is 0 Å². The monoisotopic (exact) mass is 318 g/mol. The Kier molecular flexibility index (Phi) is 3.84. The summed E-state index contributed by atoms with van der Waals surface area (Å²) >= 11 is 1.18. The third-order valence-electron chi connectivity index (χ3n) is 2.67. The number of amides is 1. The average molecular weight is 318 g/mol. The van der Waals surface area contributed by atoms with E-state index in [-0.39, 0.29) is 11.4 Å². The predicted molar refractivity (Wildman–Crippen MR) is 77.5 cm³/mol. The molecule has 0 radical (unpaired) electrons. The first kappa shape index (κ1) is 14.2. The summed E-state index contributed by atoms with van der Waals surface area (Å²) in [4.78, 5) is 24.2. The second-order valence-electron chi connectivity index (χ2n) is 4.19. The topological polar surface area (TPSA) is 67.8 Å². The first-order valence-corrected chi connectivity index (χ1v) is 7.01. The van der Waals surface area contributed by atoms with Crippen molar-refractivity contribution in [3.05, 3.63) is 59.4 Å². The van der Waals surface area contributed by atoms with Crippen LogP contribution in [-0.2, 0) is 0 Å². The fraction of sp³-hybridized carbons (Fsp3) is 0. The van der Waals surface area contributed by atoms with Crippen molar-refractivity contribution < 1.29 is 13.6 Å². The SMILES string of the molecule is O=C(Nc1cc(F)ccc1F)c1csc(-c2ncccn2)n1. The number of thiazole rings is 1. The number of carbonyl (C=O) groups excluding carboxylic acids is 1. The van der Waals surface area contributed by atoms with Gasteiger partial charge in [0.2, 0.25) is 0 Å². The molecule has 1 amide bonds. The Bertz CT molecular complexity index is 823. The molecule has 0 aliphatic rings. The van der Waals surface area contributed by atoms with E-state index >= 15 is 0 Å². The van der Waals surface area contributed by atoms with Crippen LogP contribution in [0.25, 0.3) is 10.8 Å². The number of halogens is 2. The number of carbonyl (C=O) groups is 1. The van der Waals surface area contributed by atoms with Crippen LogP contribution in [0.15, 0.2) is 42.0 Å². The normalized spacial score (nSPS) is 10.5. The molecule has 1 N–H and O–H groups in total. The Balaban J connectivity index is 1.81. The quantitative estimate of drug-likeness (QED) is 0.805. The van der Waals surface area contributed by atoms with Crippen molar-refractivity contribution in [1.29, 1.82) is 0 Å². The molecule has 0 unspecified atom stereocenters. The lowest BCUT2D eigenvalue weighted by atomic mass is 10.3. The van der Waals surface area contributed by atoms with E-state index in [1.165, 1.54) is 16.7 Å². The molecule has 3 rings (SSSR count). The van der Waals surface area contributed by atoms with Gasteiger partial charge in [0.1, 0.15) is 17.3 Å². The van der Waals surface area contributed by atoms with E-state index in [1.807, 2.05) is 0 Å². The van der Waals surface area contributed by atoms with E-state index in [9.17, 15) is 13.6 Å². The highest BCUT2D eigenvalue weighted by Crippen LogP contribution is 2.21. The predicted octanol–water partition coefficient (Wildman–Crippen LogP) is 3.13. The maximum atomic E-state index is 13.5. The van der Waals surface area contributed by atoms with Crippen molar-refractivity contribution in [1.82, 2.24) is 15.0 Å². The van der Waals surface area contributed by atoms with Gasteiger partial charge in [0.05, 0.1) is 5.69 Å². The fourth-order valence-corrected chi connectivity index (χ4v) is 2.41. The molecule has 0 aliphatic carbocycles. The van der Waals surface area contributed by atoms with Crippen LogP contribution >= 0.6 is 11.3 Å². The molecule has 0 aliphatic heterocycles. The Morgan fingerprint density at radius 3 is 2.73 bits per heavy atom. The number of aromatic nitrogens is 3. The minimum atomic E-state index is -0.725. The van der Waals surface area contributed by atoms with Crippen LogP contribution in [0.1, 0.15) is 10.5 Å². The molecule has 0 saturated carbocycles. The average Bonchev–Trinajstić information content (AvgIpc) is 3.02. The van der Waals surface area contributed by atoms with Crippen LogP contribution in [0.5, 0.6) is 0 Å². The summed E-state index contributed by atoms with van der Waals surface area (Å²) in [5.41, 5.74) is -0.161. The highest BCUT2D eigenvalue weighted by molar-refractivity contribution is 7.13. The summed E-state index contributed by atoms with van der Waals surface area (Å²) in [5, 5.41) is 4.24. The van der Waals surface area contributed by atoms with Gasteiger partial charge in [-0.2, -0.15) is 0 Å². The zero-order chi connectivity index (χ0) is 15.5. The molecule has 8 heteroatoms. The lowest BCUT2D eigenvalue weighted by Crippen LogP contribution is -2.13. The Morgan fingerprint density at radius 2 is 1.95 bits per heavy atom. The molecule has 0 atom stereocenters. The molecular formula is C14H8F2N4OS. The van der Waals surface area contributed by atoms with E-state index in [4.69, 9.17) is 0 Å². The Hall–Kier alpha value is -2.74. The van der Waals surface area contributed by atoms with Gasteiger partial charge in [-0.25, -0.2) is 23.7 Å². The van der Waals surface area contributed by atoms with E-state index in [0.29, 0.717) is 10.8 Å². The van der Waals surface area contributed by atoms with Crippen LogP contribution in [0.2, 0.25) is 0 Å². The molecule has 2 aromatic heterocycles. The van der Waals surface area contributed by atoms with Gasteiger partial charge in [-0.05, 0) is 18.2 Å². The summed E-state index contributed by atoms with van der Waals surface area (Å²) in [6, 6.07) is 4.48. The minimum Gasteiger partial charge on any atom is -0.318 e. The summed E-state index contributed by atoms with van der Waals surface area (Å²) in [7, 11) is 0. The highest BCUT2D eigenvalue weighted by atomic mass is 32.1. The van der Waals surface area contributed by atoms with Crippen molar-refractivity contribution in [3.63, 3.8) is 0 Å². The van der Waals surface area contributed by atoms with E-state index in [1.54, 1.807) is 18.5 Å². The number of hydrogen-bond acceptors (Lipinski definition) is 5. The van der Waals surface area contributed by atoms with Crippen LogP contribution in [0.4, 0.5) is 14.5 Å². The maximum Gasteiger partial charge on any atom is 0.275 e. The second-order valence-corrected chi connectivity index (χ2v) is 5.05. The first-order chi connectivity index (χ1) is 10.6. The molecule has 0 bridgehead atoms. The van der Waals surface area contributed by atoms with Gasteiger partial charge in [-0.3, -0.25) is 4.79 Å². The van der Waals surface area contributed by atoms with Crippen LogP contribution < -0.4 is 5.32 Å². The van der Waals surface area contributed by atoms with E-state index in [2.05, 4.69) is 20.3 Å². The minimum absolute atomic E-state index is 0.0797. The van der Waals surface area contributed by atoms with E-state index < -0.39 is 17.5 Å². The molecule has 0 fully saturated rings. The van der Waals surface area contributed by atoms with Crippen molar-refractivity contribution in [2.75, 3.05) is 5.32 Å². The van der Waals surface area contributed by atoms with Crippen LogP contribution in [0.3, 0.4) is 0 Å². The summed E-state index contributed by atoms with van der Waals surface area (Å²) < 4.78 is 26.6. The third-order valence-corrected chi connectivity index (χ3v) is 3.51. The summed E-state index contributed by atoms with van der Waals surface area (Å²) in [5.74, 6) is -1.61. The Morgan fingerprint density at radius 1 is 1.18 bits per heavy atom. The smallest absolute Gasteiger partial charge is 0.275 e. The standard InChI is InChI=1S/C14H8F2N4OS/c15-8-2-3-9(16)10(6-8)19-13(21)11-7-22-14(20-11)12-17-4-1-5-18-12/h1-7H,(H,19,21). The number of rotatable bonds is 3.